The molecule has 0 aromatic carbocycles. The zero-order valence-electron chi connectivity index (χ0n) is 10.5. The van der Waals surface area contributed by atoms with E-state index in [1.54, 1.807) is 0 Å². The van der Waals surface area contributed by atoms with Crippen LogP contribution < -0.4 is 10.9 Å². The Balaban J connectivity index is 2.69. The van der Waals surface area contributed by atoms with Crippen LogP contribution in [0.25, 0.3) is 0 Å². The molecule has 4 heteroatoms. The molecular formula is C12H21N3O. The second kappa shape index (κ2) is 5.68. The minimum Gasteiger partial charge on any atom is -0.370 e. The standard InChI is InChI=1S/C12H21N3O/c1-8(2)5-6-13-10-7-11(16)15-12(14-10)9(3)4/h7-9H,5-6H2,1-4H3,(H2,13,14,15,16). The third-order valence-electron chi connectivity index (χ3n) is 2.33. The van der Waals surface area contributed by atoms with E-state index in [2.05, 4.69) is 29.1 Å². The lowest BCUT2D eigenvalue weighted by Crippen LogP contribution is -2.15. The van der Waals surface area contributed by atoms with Gasteiger partial charge in [0.2, 0.25) is 0 Å². The van der Waals surface area contributed by atoms with Crippen molar-refractivity contribution < 1.29 is 0 Å². The summed E-state index contributed by atoms with van der Waals surface area (Å²) in [6.07, 6.45) is 1.07. The van der Waals surface area contributed by atoms with Gasteiger partial charge in [0.15, 0.2) is 0 Å². The number of aromatic amines is 1. The molecule has 0 unspecified atom stereocenters. The molecule has 0 saturated heterocycles. The summed E-state index contributed by atoms with van der Waals surface area (Å²) in [5.41, 5.74) is -0.0919. The predicted octanol–water partition coefficient (Wildman–Crippen LogP) is 2.35. The Bertz CT molecular complexity index is 382. The van der Waals surface area contributed by atoms with Gasteiger partial charge in [-0.15, -0.1) is 0 Å². The fourth-order valence-corrected chi connectivity index (χ4v) is 1.33. The maximum Gasteiger partial charge on any atom is 0.252 e. The highest BCUT2D eigenvalue weighted by molar-refractivity contribution is 5.33. The van der Waals surface area contributed by atoms with Gasteiger partial charge in [0, 0.05) is 18.5 Å². The number of anilines is 1. The highest BCUT2D eigenvalue weighted by Crippen LogP contribution is 2.09. The summed E-state index contributed by atoms with van der Waals surface area (Å²) >= 11 is 0. The summed E-state index contributed by atoms with van der Waals surface area (Å²) in [5.74, 6) is 2.30. The molecule has 0 aliphatic heterocycles. The zero-order chi connectivity index (χ0) is 12.1. The molecule has 1 heterocycles. The first-order valence-corrected chi connectivity index (χ1v) is 5.84. The molecule has 0 radical (unpaired) electrons. The number of rotatable bonds is 5. The Morgan fingerprint density at radius 1 is 1.38 bits per heavy atom. The molecule has 0 fully saturated rings. The molecule has 0 atom stereocenters. The van der Waals surface area contributed by atoms with Crippen molar-refractivity contribution in [2.45, 2.75) is 40.0 Å². The summed E-state index contributed by atoms with van der Waals surface area (Å²) in [6.45, 7) is 9.22. The summed E-state index contributed by atoms with van der Waals surface area (Å²) in [4.78, 5) is 18.5. The molecule has 0 amide bonds. The van der Waals surface area contributed by atoms with Crippen LogP contribution in [0.5, 0.6) is 0 Å². The summed E-state index contributed by atoms with van der Waals surface area (Å²) < 4.78 is 0. The molecule has 0 saturated carbocycles. The second-order valence-electron chi connectivity index (χ2n) is 4.78. The van der Waals surface area contributed by atoms with Gasteiger partial charge in [-0.2, -0.15) is 0 Å². The van der Waals surface area contributed by atoms with Crippen LogP contribution in [0.1, 0.15) is 45.9 Å². The summed E-state index contributed by atoms with van der Waals surface area (Å²) in [6, 6.07) is 1.51. The van der Waals surface area contributed by atoms with Gasteiger partial charge in [0.1, 0.15) is 11.6 Å². The van der Waals surface area contributed by atoms with Gasteiger partial charge in [-0.25, -0.2) is 4.98 Å². The van der Waals surface area contributed by atoms with Crippen molar-refractivity contribution >= 4 is 5.82 Å². The van der Waals surface area contributed by atoms with Crippen LogP contribution in [0, 0.1) is 5.92 Å². The van der Waals surface area contributed by atoms with E-state index >= 15 is 0 Å². The Morgan fingerprint density at radius 2 is 2.06 bits per heavy atom. The van der Waals surface area contributed by atoms with Crippen LogP contribution in [-0.2, 0) is 0 Å². The van der Waals surface area contributed by atoms with Gasteiger partial charge in [-0.3, -0.25) is 4.79 Å². The third-order valence-corrected chi connectivity index (χ3v) is 2.33. The molecular weight excluding hydrogens is 202 g/mol. The maximum absolute atomic E-state index is 11.4. The number of nitrogens with one attached hydrogen (secondary N) is 2. The SMILES string of the molecule is CC(C)CCNc1cc(=O)[nH]c(C(C)C)n1. The highest BCUT2D eigenvalue weighted by atomic mass is 16.1. The minimum absolute atomic E-state index is 0.0919. The lowest BCUT2D eigenvalue weighted by molar-refractivity contribution is 0.606. The largest absolute Gasteiger partial charge is 0.370 e. The number of hydrogen-bond acceptors (Lipinski definition) is 3. The molecule has 4 nitrogen and oxygen atoms in total. The lowest BCUT2D eigenvalue weighted by atomic mass is 10.1. The smallest absolute Gasteiger partial charge is 0.252 e. The fourth-order valence-electron chi connectivity index (χ4n) is 1.33. The molecule has 1 rings (SSSR count). The van der Waals surface area contributed by atoms with E-state index in [4.69, 9.17) is 0 Å². The number of H-pyrrole nitrogens is 1. The fraction of sp³-hybridized carbons (Fsp3) is 0.667. The second-order valence-corrected chi connectivity index (χ2v) is 4.78. The molecule has 0 bridgehead atoms. The van der Waals surface area contributed by atoms with Crippen LogP contribution in [0.15, 0.2) is 10.9 Å². The molecule has 0 spiro atoms. The molecule has 90 valence electrons. The molecule has 0 aliphatic rings. The van der Waals surface area contributed by atoms with Crippen molar-refractivity contribution in [1.29, 1.82) is 0 Å². The number of hydrogen-bond donors (Lipinski definition) is 2. The first kappa shape index (κ1) is 12.7. The minimum atomic E-state index is -0.0919. The molecule has 1 aromatic heterocycles. The third kappa shape index (κ3) is 4.04. The van der Waals surface area contributed by atoms with Crippen LogP contribution in [0.3, 0.4) is 0 Å². The van der Waals surface area contributed by atoms with Crippen molar-refractivity contribution in [3.8, 4) is 0 Å². The average Bonchev–Trinajstić information content (AvgIpc) is 2.16. The normalized spacial score (nSPS) is 11.1. The Kier molecular flexibility index (Phi) is 4.52. The Hall–Kier alpha value is -1.32. The molecule has 2 N–H and O–H groups in total. The lowest BCUT2D eigenvalue weighted by Gasteiger charge is -2.09. The van der Waals surface area contributed by atoms with E-state index in [1.165, 1.54) is 6.07 Å². The first-order valence-electron chi connectivity index (χ1n) is 5.84. The van der Waals surface area contributed by atoms with E-state index in [-0.39, 0.29) is 11.5 Å². The highest BCUT2D eigenvalue weighted by Gasteiger charge is 2.04. The van der Waals surface area contributed by atoms with Gasteiger partial charge in [0.05, 0.1) is 0 Å². The topological polar surface area (TPSA) is 57.8 Å². The quantitative estimate of drug-likeness (QED) is 0.805. The molecule has 0 aliphatic carbocycles. The van der Waals surface area contributed by atoms with Crippen molar-refractivity contribution in [1.82, 2.24) is 9.97 Å². The Morgan fingerprint density at radius 3 is 2.62 bits per heavy atom. The van der Waals surface area contributed by atoms with Crippen molar-refractivity contribution in [3.05, 3.63) is 22.2 Å². The van der Waals surface area contributed by atoms with Gasteiger partial charge < -0.3 is 10.3 Å². The number of nitrogens with zero attached hydrogens (tertiary/aromatic N) is 1. The van der Waals surface area contributed by atoms with Crippen LogP contribution in [-0.4, -0.2) is 16.5 Å². The van der Waals surface area contributed by atoms with Gasteiger partial charge >= 0.3 is 0 Å². The van der Waals surface area contributed by atoms with Crippen LogP contribution in [0.2, 0.25) is 0 Å². The Labute approximate surface area is 96.5 Å². The van der Waals surface area contributed by atoms with Crippen LogP contribution in [0.4, 0.5) is 5.82 Å². The zero-order valence-corrected chi connectivity index (χ0v) is 10.5. The van der Waals surface area contributed by atoms with Crippen molar-refractivity contribution in [3.63, 3.8) is 0 Å². The van der Waals surface area contributed by atoms with Crippen molar-refractivity contribution in [2.24, 2.45) is 5.92 Å². The summed E-state index contributed by atoms with van der Waals surface area (Å²) in [5, 5.41) is 3.18. The van der Waals surface area contributed by atoms with E-state index < -0.39 is 0 Å². The predicted molar refractivity (Wildman–Crippen MR) is 66.9 cm³/mol. The number of aromatic nitrogens is 2. The van der Waals surface area contributed by atoms with E-state index in [1.807, 2.05) is 13.8 Å². The monoisotopic (exact) mass is 223 g/mol. The van der Waals surface area contributed by atoms with Crippen LogP contribution >= 0.6 is 0 Å². The van der Waals surface area contributed by atoms with Gasteiger partial charge in [0.25, 0.3) is 5.56 Å². The van der Waals surface area contributed by atoms with Gasteiger partial charge in [-0.05, 0) is 12.3 Å². The molecule has 16 heavy (non-hydrogen) atoms. The molecule has 1 aromatic rings. The summed E-state index contributed by atoms with van der Waals surface area (Å²) in [7, 11) is 0. The maximum atomic E-state index is 11.4. The van der Waals surface area contributed by atoms with E-state index in [0.717, 1.165) is 18.8 Å². The van der Waals surface area contributed by atoms with E-state index in [9.17, 15) is 4.79 Å². The van der Waals surface area contributed by atoms with Gasteiger partial charge in [-0.1, -0.05) is 27.7 Å². The first-order chi connectivity index (χ1) is 7.49. The van der Waals surface area contributed by atoms with E-state index in [0.29, 0.717) is 11.7 Å². The van der Waals surface area contributed by atoms with Crippen molar-refractivity contribution in [2.75, 3.05) is 11.9 Å². The average molecular weight is 223 g/mol.